The van der Waals surface area contributed by atoms with E-state index in [-0.39, 0.29) is 0 Å². The Morgan fingerprint density at radius 1 is 1.47 bits per heavy atom. The minimum atomic E-state index is -0.399. The summed E-state index contributed by atoms with van der Waals surface area (Å²) in [4.78, 5) is 4.16. The van der Waals surface area contributed by atoms with Gasteiger partial charge in [-0.25, -0.2) is 9.38 Å². The molecule has 0 aromatic heterocycles. The molecule has 0 saturated heterocycles. The minimum absolute atomic E-state index is 0.305. The number of rotatable bonds is 2. The van der Waals surface area contributed by atoms with Crippen molar-refractivity contribution in [2.24, 2.45) is 10.7 Å². The molecular formula is C10H11ClFN3. The molecule has 80 valence electrons. The zero-order valence-electron chi connectivity index (χ0n) is 8.00. The summed E-state index contributed by atoms with van der Waals surface area (Å²) < 4.78 is 12.9. The van der Waals surface area contributed by atoms with Crippen LogP contribution in [0.15, 0.2) is 23.2 Å². The number of hydrogen-bond donors (Lipinski definition) is 2. The van der Waals surface area contributed by atoms with E-state index in [1.165, 1.54) is 12.1 Å². The topological polar surface area (TPSA) is 50.4 Å². The highest BCUT2D eigenvalue weighted by molar-refractivity contribution is 6.30. The fourth-order valence-electron chi connectivity index (χ4n) is 1.21. The summed E-state index contributed by atoms with van der Waals surface area (Å²) in [5.41, 5.74) is 6.14. The average molecular weight is 228 g/mol. The number of guanidine groups is 1. The van der Waals surface area contributed by atoms with Crippen molar-refractivity contribution in [2.45, 2.75) is 18.9 Å². The summed E-state index contributed by atoms with van der Waals surface area (Å²) in [7, 11) is 0. The molecule has 2 rings (SSSR count). The first-order valence-corrected chi connectivity index (χ1v) is 5.07. The average Bonchev–Trinajstić information content (AvgIpc) is 2.85. The van der Waals surface area contributed by atoms with E-state index in [1.807, 2.05) is 0 Å². The molecule has 0 spiro atoms. The van der Waals surface area contributed by atoms with Crippen LogP contribution in [0.4, 0.5) is 10.1 Å². The molecule has 1 saturated carbocycles. The zero-order chi connectivity index (χ0) is 10.8. The van der Waals surface area contributed by atoms with Gasteiger partial charge in [0.2, 0.25) is 0 Å². The third-order valence-corrected chi connectivity index (χ3v) is 2.22. The number of anilines is 1. The van der Waals surface area contributed by atoms with Crippen LogP contribution in [-0.2, 0) is 0 Å². The number of halogens is 2. The van der Waals surface area contributed by atoms with Crippen LogP contribution in [0.25, 0.3) is 0 Å². The quantitative estimate of drug-likeness (QED) is 0.602. The third kappa shape index (κ3) is 3.09. The number of aliphatic imine (C=N–C) groups is 1. The molecule has 3 nitrogen and oxygen atoms in total. The molecule has 5 heteroatoms. The van der Waals surface area contributed by atoms with Crippen molar-refractivity contribution in [3.63, 3.8) is 0 Å². The Labute approximate surface area is 92.1 Å². The second-order valence-corrected chi connectivity index (χ2v) is 3.97. The first-order valence-electron chi connectivity index (χ1n) is 4.70. The summed E-state index contributed by atoms with van der Waals surface area (Å²) >= 11 is 5.69. The van der Waals surface area contributed by atoms with Crippen molar-refractivity contribution in [3.8, 4) is 0 Å². The lowest BCUT2D eigenvalue weighted by Gasteiger charge is -2.05. The van der Waals surface area contributed by atoms with Gasteiger partial charge in [0, 0.05) is 10.7 Å². The van der Waals surface area contributed by atoms with Crippen molar-refractivity contribution in [3.05, 3.63) is 29.0 Å². The monoisotopic (exact) mass is 227 g/mol. The van der Waals surface area contributed by atoms with Gasteiger partial charge < -0.3 is 11.1 Å². The van der Waals surface area contributed by atoms with E-state index in [0.29, 0.717) is 22.7 Å². The summed E-state index contributed by atoms with van der Waals surface area (Å²) in [6.45, 7) is 0. The summed E-state index contributed by atoms with van der Waals surface area (Å²) in [5, 5.41) is 3.13. The van der Waals surface area contributed by atoms with Crippen LogP contribution < -0.4 is 11.1 Å². The van der Waals surface area contributed by atoms with Crippen LogP contribution in [0.2, 0.25) is 5.02 Å². The molecule has 0 unspecified atom stereocenters. The number of benzene rings is 1. The minimum Gasteiger partial charge on any atom is -0.370 e. The normalized spacial score (nSPS) is 16.5. The van der Waals surface area contributed by atoms with Crippen LogP contribution in [-0.4, -0.2) is 12.0 Å². The van der Waals surface area contributed by atoms with Crippen molar-refractivity contribution in [2.75, 3.05) is 5.32 Å². The molecule has 0 amide bonds. The van der Waals surface area contributed by atoms with Crippen LogP contribution in [0.5, 0.6) is 0 Å². The van der Waals surface area contributed by atoms with E-state index >= 15 is 0 Å². The van der Waals surface area contributed by atoms with Gasteiger partial charge in [0.1, 0.15) is 5.82 Å². The van der Waals surface area contributed by atoms with Crippen LogP contribution in [0, 0.1) is 5.82 Å². The van der Waals surface area contributed by atoms with Crippen molar-refractivity contribution in [1.29, 1.82) is 0 Å². The maximum atomic E-state index is 12.9. The van der Waals surface area contributed by atoms with E-state index in [1.54, 1.807) is 6.07 Å². The Balaban J connectivity index is 2.09. The summed E-state index contributed by atoms with van der Waals surface area (Å²) in [5.74, 6) is -0.0941. The van der Waals surface area contributed by atoms with Gasteiger partial charge in [-0.05, 0) is 31.0 Å². The van der Waals surface area contributed by atoms with Gasteiger partial charge in [0.15, 0.2) is 5.96 Å². The molecule has 1 fully saturated rings. The van der Waals surface area contributed by atoms with Gasteiger partial charge in [0.05, 0.1) is 6.04 Å². The second-order valence-electron chi connectivity index (χ2n) is 3.53. The van der Waals surface area contributed by atoms with Crippen LogP contribution in [0.3, 0.4) is 0 Å². The Bertz CT molecular complexity index is 381. The van der Waals surface area contributed by atoms with Gasteiger partial charge in [-0.15, -0.1) is 0 Å². The fraction of sp³-hybridized carbons (Fsp3) is 0.300. The Morgan fingerprint density at radius 2 is 2.20 bits per heavy atom. The standard InChI is InChI=1S/C10H11ClFN3/c11-6-3-7(12)5-9(4-6)15-10(13)14-8-1-2-8/h3-5,8H,1-2H2,(H3,13,14,15). The smallest absolute Gasteiger partial charge is 0.193 e. The summed E-state index contributed by atoms with van der Waals surface area (Å²) in [6, 6.07) is 4.49. The zero-order valence-corrected chi connectivity index (χ0v) is 8.76. The van der Waals surface area contributed by atoms with E-state index in [4.69, 9.17) is 17.3 Å². The second kappa shape index (κ2) is 4.06. The lowest BCUT2D eigenvalue weighted by molar-refractivity contribution is 0.628. The Hall–Kier alpha value is -1.29. The maximum Gasteiger partial charge on any atom is 0.193 e. The van der Waals surface area contributed by atoms with E-state index in [0.717, 1.165) is 12.8 Å². The lowest BCUT2D eigenvalue weighted by atomic mass is 10.3. The maximum absolute atomic E-state index is 12.9. The van der Waals surface area contributed by atoms with Crippen LogP contribution in [0.1, 0.15) is 12.8 Å². The predicted octanol–water partition coefficient (Wildman–Crippen LogP) is 2.37. The molecule has 0 atom stereocenters. The van der Waals surface area contributed by atoms with Crippen molar-refractivity contribution in [1.82, 2.24) is 0 Å². The van der Waals surface area contributed by atoms with E-state index in [2.05, 4.69) is 10.3 Å². The van der Waals surface area contributed by atoms with Gasteiger partial charge >= 0.3 is 0 Å². The number of hydrogen-bond acceptors (Lipinski definition) is 1. The molecule has 15 heavy (non-hydrogen) atoms. The van der Waals surface area contributed by atoms with Crippen LogP contribution >= 0.6 is 11.6 Å². The number of nitrogens with two attached hydrogens (primary N) is 1. The van der Waals surface area contributed by atoms with Gasteiger partial charge in [-0.2, -0.15) is 0 Å². The Morgan fingerprint density at radius 3 is 2.80 bits per heavy atom. The molecule has 0 aliphatic heterocycles. The lowest BCUT2D eigenvalue weighted by Crippen LogP contribution is -2.23. The molecule has 0 heterocycles. The van der Waals surface area contributed by atoms with E-state index in [9.17, 15) is 4.39 Å². The van der Waals surface area contributed by atoms with E-state index < -0.39 is 5.82 Å². The number of nitrogens with zero attached hydrogens (tertiary/aromatic N) is 1. The predicted molar refractivity (Wildman–Crippen MR) is 59.7 cm³/mol. The molecule has 3 N–H and O–H groups in total. The highest BCUT2D eigenvalue weighted by Crippen LogP contribution is 2.23. The highest BCUT2D eigenvalue weighted by Gasteiger charge is 2.20. The molecule has 1 aliphatic carbocycles. The molecule has 1 aromatic carbocycles. The molecular weight excluding hydrogens is 217 g/mol. The molecule has 1 aromatic rings. The van der Waals surface area contributed by atoms with Crippen molar-refractivity contribution < 1.29 is 4.39 Å². The highest BCUT2D eigenvalue weighted by atomic mass is 35.5. The Kier molecular flexibility index (Phi) is 2.77. The number of nitrogens with one attached hydrogen (secondary N) is 1. The molecule has 1 aliphatic rings. The van der Waals surface area contributed by atoms with Gasteiger partial charge in [-0.1, -0.05) is 11.6 Å². The van der Waals surface area contributed by atoms with Crippen molar-refractivity contribution >= 4 is 23.2 Å². The SMILES string of the molecule is NC(=NC1CC1)Nc1cc(F)cc(Cl)c1. The molecule has 0 bridgehead atoms. The first-order chi connectivity index (χ1) is 7.13. The summed E-state index contributed by atoms with van der Waals surface area (Å²) in [6.07, 6.45) is 2.15. The fourth-order valence-corrected chi connectivity index (χ4v) is 1.43. The largest absolute Gasteiger partial charge is 0.370 e. The first kappa shape index (κ1) is 10.2. The van der Waals surface area contributed by atoms with Gasteiger partial charge in [-0.3, -0.25) is 0 Å². The molecule has 0 radical (unpaired) electrons. The van der Waals surface area contributed by atoms with Gasteiger partial charge in [0.25, 0.3) is 0 Å². The third-order valence-electron chi connectivity index (χ3n) is 2.00.